The molecule has 1 saturated heterocycles. The predicted octanol–water partition coefficient (Wildman–Crippen LogP) is 1.92. The van der Waals surface area contributed by atoms with Crippen molar-refractivity contribution in [1.29, 1.82) is 0 Å². The van der Waals surface area contributed by atoms with E-state index in [1.807, 2.05) is 38.7 Å². The van der Waals surface area contributed by atoms with Gasteiger partial charge in [0.25, 0.3) is 0 Å². The fraction of sp³-hybridized carbons (Fsp3) is 0.684. The van der Waals surface area contributed by atoms with Crippen LogP contribution in [0.4, 0.5) is 0 Å². The zero-order chi connectivity index (χ0) is 18.4. The molecule has 0 unspecified atom stereocenters. The molecule has 1 aromatic rings. The Kier molecular flexibility index (Phi) is 7.20. The molecule has 1 amide bonds. The van der Waals surface area contributed by atoms with Gasteiger partial charge in [-0.25, -0.2) is 0 Å². The predicted molar refractivity (Wildman–Crippen MR) is 98.0 cm³/mol. The fourth-order valence-corrected chi connectivity index (χ4v) is 3.38. The van der Waals surface area contributed by atoms with Crippen LogP contribution in [-0.4, -0.2) is 60.0 Å². The van der Waals surface area contributed by atoms with Gasteiger partial charge in [-0.05, 0) is 46.2 Å². The Labute approximate surface area is 150 Å². The summed E-state index contributed by atoms with van der Waals surface area (Å²) in [6.07, 6.45) is 2.44. The molecule has 2 heterocycles. The third-order valence-electron chi connectivity index (χ3n) is 4.84. The van der Waals surface area contributed by atoms with Crippen molar-refractivity contribution in [2.24, 2.45) is 0 Å². The van der Waals surface area contributed by atoms with Crippen LogP contribution in [0.5, 0.6) is 0 Å². The van der Waals surface area contributed by atoms with E-state index < -0.39 is 0 Å². The van der Waals surface area contributed by atoms with Crippen molar-refractivity contribution in [1.82, 2.24) is 14.8 Å². The SMILES string of the molecule is CCNC(=O)CN(CC)CC(=O)c1cc(C)n(C[C@H]2CCCO2)c1C. The van der Waals surface area contributed by atoms with Crippen LogP contribution in [0.1, 0.15) is 48.4 Å². The van der Waals surface area contributed by atoms with Gasteiger partial charge in [-0.1, -0.05) is 6.92 Å². The lowest BCUT2D eigenvalue weighted by Gasteiger charge is -2.19. The number of hydrogen-bond acceptors (Lipinski definition) is 4. The number of carbonyl (C=O) groups excluding carboxylic acids is 2. The van der Waals surface area contributed by atoms with E-state index >= 15 is 0 Å². The van der Waals surface area contributed by atoms with E-state index in [1.165, 1.54) is 0 Å². The Morgan fingerprint density at radius 1 is 1.32 bits per heavy atom. The van der Waals surface area contributed by atoms with Crippen molar-refractivity contribution < 1.29 is 14.3 Å². The molecular formula is C19H31N3O3. The van der Waals surface area contributed by atoms with Crippen molar-refractivity contribution >= 4 is 11.7 Å². The molecule has 25 heavy (non-hydrogen) atoms. The van der Waals surface area contributed by atoms with E-state index in [4.69, 9.17) is 4.74 Å². The van der Waals surface area contributed by atoms with Gasteiger partial charge in [0.2, 0.25) is 5.91 Å². The van der Waals surface area contributed by atoms with Gasteiger partial charge >= 0.3 is 0 Å². The number of likely N-dealkylation sites (N-methyl/N-ethyl adjacent to an activating group) is 2. The molecule has 6 heteroatoms. The molecule has 2 rings (SSSR count). The molecule has 1 N–H and O–H groups in total. The Hall–Kier alpha value is -1.66. The third-order valence-corrected chi connectivity index (χ3v) is 4.84. The van der Waals surface area contributed by atoms with Crippen LogP contribution in [-0.2, 0) is 16.1 Å². The second-order valence-electron chi connectivity index (χ2n) is 6.71. The number of aromatic nitrogens is 1. The van der Waals surface area contributed by atoms with Crippen LogP contribution in [0.25, 0.3) is 0 Å². The summed E-state index contributed by atoms with van der Waals surface area (Å²) in [5.41, 5.74) is 2.83. The number of nitrogens with zero attached hydrogens (tertiary/aromatic N) is 2. The van der Waals surface area contributed by atoms with Crippen LogP contribution < -0.4 is 5.32 Å². The lowest BCUT2D eigenvalue weighted by atomic mass is 10.1. The maximum atomic E-state index is 12.8. The fourth-order valence-electron chi connectivity index (χ4n) is 3.38. The average Bonchev–Trinajstić information content (AvgIpc) is 3.18. The summed E-state index contributed by atoms with van der Waals surface area (Å²) < 4.78 is 7.91. The zero-order valence-electron chi connectivity index (χ0n) is 15.9. The molecule has 0 bridgehead atoms. The van der Waals surface area contributed by atoms with Crippen molar-refractivity contribution in [3.8, 4) is 0 Å². The summed E-state index contributed by atoms with van der Waals surface area (Å²) in [5.74, 6) is 0.0267. The first-order valence-corrected chi connectivity index (χ1v) is 9.26. The number of amides is 1. The number of aryl methyl sites for hydroxylation is 1. The second-order valence-corrected chi connectivity index (χ2v) is 6.71. The molecule has 140 valence electrons. The van der Waals surface area contributed by atoms with Gasteiger partial charge in [0, 0.05) is 36.6 Å². The van der Waals surface area contributed by atoms with E-state index in [0.717, 1.165) is 42.9 Å². The first-order chi connectivity index (χ1) is 12.0. The van der Waals surface area contributed by atoms with E-state index in [1.54, 1.807) is 0 Å². The number of rotatable bonds is 9. The number of ketones is 1. The molecule has 0 radical (unpaired) electrons. The van der Waals surface area contributed by atoms with Crippen LogP contribution >= 0.6 is 0 Å². The third kappa shape index (κ3) is 5.16. The summed E-state index contributed by atoms with van der Waals surface area (Å²) in [5, 5.41) is 2.78. The summed E-state index contributed by atoms with van der Waals surface area (Å²) in [6, 6.07) is 1.96. The van der Waals surface area contributed by atoms with Gasteiger partial charge in [0.05, 0.1) is 19.2 Å². The minimum atomic E-state index is -0.0407. The molecule has 1 fully saturated rings. The highest BCUT2D eigenvalue weighted by molar-refractivity contribution is 5.99. The maximum absolute atomic E-state index is 12.8. The topological polar surface area (TPSA) is 63.6 Å². The monoisotopic (exact) mass is 349 g/mol. The minimum Gasteiger partial charge on any atom is -0.376 e. The van der Waals surface area contributed by atoms with Crippen molar-refractivity contribution in [3.05, 3.63) is 23.0 Å². The average molecular weight is 349 g/mol. The van der Waals surface area contributed by atoms with Gasteiger partial charge in [0.15, 0.2) is 5.78 Å². The number of ether oxygens (including phenoxy) is 1. The molecule has 1 atom stereocenters. The number of hydrogen-bond donors (Lipinski definition) is 1. The standard InChI is InChI=1S/C19H31N3O3/c1-5-20-19(24)13-21(6-2)12-18(23)17-10-14(3)22(15(17)4)11-16-8-7-9-25-16/h10,16H,5-9,11-13H2,1-4H3,(H,20,24)/t16-/m1/s1. The largest absolute Gasteiger partial charge is 0.376 e. The summed E-state index contributed by atoms with van der Waals surface area (Å²) >= 11 is 0. The van der Waals surface area contributed by atoms with Crippen LogP contribution in [0.2, 0.25) is 0 Å². The smallest absolute Gasteiger partial charge is 0.234 e. The van der Waals surface area contributed by atoms with Gasteiger partial charge < -0.3 is 14.6 Å². The van der Waals surface area contributed by atoms with Crippen molar-refractivity contribution in [3.63, 3.8) is 0 Å². The minimum absolute atomic E-state index is 0.0407. The zero-order valence-corrected chi connectivity index (χ0v) is 15.9. The molecule has 6 nitrogen and oxygen atoms in total. The Morgan fingerprint density at radius 3 is 2.68 bits per heavy atom. The quantitative estimate of drug-likeness (QED) is 0.692. The van der Waals surface area contributed by atoms with E-state index in [0.29, 0.717) is 13.1 Å². The Balaban J connectivity index is 2.04. The molecule has 0 saturated carbocycles. The molecule has 1 aliphatic rings. The van der Waals surface area contributed by atoms with Crippen molar-refractivity contribution in [2.75, 3.05) is 32.8 Å². The van der Waals surface area contributed by atoms with Crippen LogP contribution in [0, 0.1) is 13.8 Å². The highest BCUT2D eigenvalue weighted by Gasteiger charge is 2.22. The summed E-state index contributed by atoms with van der Waals surface area (Å²) in [4.78, 5) is 26.4. The summed E-state index contributed by atoms with van der Waals surface area (Å²) in [7, 11) is 0. The normalized spacial score (nSPS) is 17.2. The summed E-state index contributed by atoms with van der Waals surface area (Å²) in [6.45, 7) is 11.3. The van der Waals surface area contributed by atoms with Gasteiger partial charge in [-0.2, -0.15) is 0 Å². The Morgan fingerprint density at radius 2 is 2.08 bits per heavy atom. The van der Waals surface area contributed by atoms with Crippen molar-refractivity contribution in [2.45, 2.75) is 53.2 Å². The lowest BCUT2D eigenvalue weighted by molar-refractivity contribution is -0.121. The Bertz CT molecular complexity index is 603. The van der Waals surface area contributed by atoms with Gasteiger partial charge in [0.1, 0.15) is 0 Å². The van der Waals surface area contributed by atoms with Crippen LogP contribution in [0.3, 0.4) is 0 Å². The first kappa shape index (κ1) is 19.7. The number of carbonyl (C=O) groups is 2. The molecule has 0 aromatic carbocycles. The molecule has 1 aromatic heterocycles. The molecular weight excluding hydrogens is 318 g/mol. The number of Topliss-reactive ketones (excluding diaryl/α,β-unsaturated/α-hetero) is 1. The second kappa shape index (κ2) is 9.15. The first-order valence-electron chi connectivity index (χ1n) is 9.26. The van der Waals surface area contributed by atoms with E-state index in [9.17, 15) is 9.59 Å². The highest BCUT2D eigenvalue weighted by Crippen LogP contribution is 2.20. The maximum Gasteiger partial charge on any atom is 0.234 e. The molecule has 1 aliphatic heterocycles. The molecule has 0 aliphatic carbocycles. The molecule has 0 spiro atoms. The van der Waals surface area contributed by atoms with E-state index in [-0.39, 0.29) is 30.9 Å². The van der Waals surface area contributed by atoms with Gasteiger partial charge in [-0.3, -0.25) is 14.5 Å². The van der Waals surface area contributed by atoms with Gasteiger partial charge in [-0.15, -0.1) is 0 Å². The van der Waals surface area contributed by atoms with Crippen LogP contribution in [0.15, 0.2) is 6.07 Å². The highest BCUT2D eigenvalue weighted by atomic mass is 16.5. The van der Waals surface area contributed by atoms with E-state index in [2.05, 4.69) is 9.88 Å². The number of nitrogens with one attached hydrogen (secondary N) is 1. The lowest BCUT2D eigenvalue weighted by Crippen LogP contribution is -2.39.